The molecule has 0 bridgehead atoms. The highest BCUT2D eigenvalue weighted by Gasteiger charge is 2.27. The maximum atomic E-state index is 14.0. The summed E-state index contributed by atoms with van der Waals surface area (Å²) in [5, 5.41) is 12.8. The predicted octanol–water partition coefficient (Wildman–Crippen LogP) is 5.53. The number of nitrogen functional groups attached to an aromatic ring is 1. The Balaban J connectivity index is 1.37. The van der Waals surface area contributed by atoms with Crippen LogP contribution in [0, 0.1) is 12.7 Å². The van der Waals surface area contributed by atoms with Crippen LogP contribution >= 0.6 is 0 Å². The molecule has 1 aliphatic heterocycles. The van der Waals surface area contributed by atoms with Crippen LogP contribution in [0.3, 0.4) is 0 Å². The van der Waals surface area contributed by atoms with Crippen molar-refractivity contribution in [3.8, 4) is 11.1 Å². The van der Waals surface area contributed by atoms with Gasteiger partial charge in [0.15, 0.2) is 5.82 Å². The first kappa shape index (κ1) is 23.8. The number of benzene rings is 4. The van der Waals surface area contributed by atoms with Crippen molar-refractivity contribution in [3.63, 3.8) is 0 Å². The molecule has 1 amide bonds. The Morgan fingerprint density at radius 1 is 1.08 bits per heavy atom. The second kappa shape index (κ2) is 9.39. The fourth-order valence-corrected chi connectivity index (χ4v) is 5.17. The van der Waals surface area contributed by atoms with Gasteiger partial charge in [-0.25, -0.2) is 4.39 Å². The zero-order valence-electron chi connectivity index (χ0n) is 20.8. The summed E-state index contributed by atoms with van der Waals surface area (Å²) in [6, 6.07) is 21.4. The number of anilines is 2. The largest absolute Gasteiger partial charge is 0.382 e. The van der Waals surface area contributed by atoms with E-state index in [1.807, 2.05) is 48.5 Å². The van der Waals surface area contributed by atoms with E-state index in [1.54, 1.807) is 25.1 Å². The van der Waals surface area contributed by atoms with Gasteiger partial charge in [0.1, 0.15) is 5.82 Å². The number of nitrogens with zero attached hydrogens (tertiary/aromatic N) is 2. The minimum Gasteiger partial charge on any atom is -0.382 e. The number of aromatic nitrogens is 2. The number of carbonyl (C=O) groups is 2. The summed E-state index contributed by atoms with van der Waals surface area (Å²) in [5.41, 5.74) is 10.1. The number of aryl methyl sites for hydroxylation is 1. The van der Waals surface area contributed by atoms with Gasteiger partial charge in [-0.3, -0.25) is 9.59 Å². The Hall–Kier alpha value is -4.56. The standard InChI is InChI=1S/C30H26FN5O2/c1-17-10-12-20(16-24(17)31)34-29(37)23-7-2-5-18-15-19(11-13-21(18)23)22-6-3-9-26-27(22)28(32)35-36(26)30(38)25-8-4-14-33-25/h2-3,5-7,9-13,15-16,25,33H,4,8,14H2,1H3,(H2,32,35)(H,34,37)/t25-/m1/s1. The molecule has 2 heterocycles. The minimum absolute atomic E-state index is 0.107. The zero-order valence-corrected chi connectivity index (χ0v) is 20.8. The van der Waals surface area contributed by atoms with E-state index in [2.05, 4.69) is 15.7 Å². The Labute approximate surface area is 218 Å². The second-order valence-electron chi connectivity index (χ2n) is 9.64. The lowest BCUT2D eigenvalue weighted by Gasteiger charge is -2.11. The van der Waals surface area contributed by atoms with Gasteiger partial charge >= 0.3 is 0 Å². The molecule has 1 aliphatic rings. The number of amides is 1. The van der Waals surface area contributed by atoms with Crippen molar-refractivity contribution >= 4 is 45.0 Å². The van der Waals surface area contributed by atoms with Crippen molar-refractivity contribution in [2.45, 2.75) is 25.8 Å². The van der Waals surface area contributed by atoms with E-state index in [4.69, 9.17) is 5.73 Å². The average Bonchev–Trinajstić information content (AvgIpc) is 3.58. The van der Waals surface area contributed by atoms with Gasteiger partial charge in [0, 0.05) is 11.3 Å². The number of rotatable bonds is 4. The number of carbonyl (C=O) groups excluding carboxylic acids is 2. The van der Waals surface area contributed by atoms with Crippen LogP contribution in [0.15, 0.2) is 72.8 Å². The molecule has 0 radical (unpaired) electrons. The van der Waals surface area contributed by atoms with Gasteiger partial charge in [-0.05, 0) is 84.1 Å². The molecule has 1 saturated heterocycles. The molecule has 8 heteroatoms. The van der Waals surface area contributed by atoms with Crippen molar-refractivity contribution in [1.29, 1.82) is 0 Å². The van der Waals surface area contributed by atoms with Crippen LogP contribution in [0.2, 0.25) is 0 Å². The minimum atomic E-state index is -0.372. The van der Waals surface area contributed by atoms with Gasteiger partial charge in [-0.15, -0.1) is 5.10 Å². The molecule has 6 rings (SSSR count). The van der Waals surface area contributed by atoms with Crippen LogP contribution in [-0.4, -0.2) is 34.2 Å². The molecule has 0 unspecified atom stereocenters. The number of fused-ring (bicyclic) bond motifs is 2. The third-order valence-corrected chi connectivity index (χ3v) is 7.17. The second-order valence-corrected chi connectivity index (χ2v) is 9.64. The molecule has 5 aromatic rings. The van der Waals surface area contributed by atoms with E-state index in [9.17, 15) is 14.0 Å². The van der Waals surface area contributed by atoms with E-state index >= 15 is 0 Å². The summed E-state index contributed by atoms with van der Waals surface area (Å²) in [6.45, 7) is 2.49. The Kier molecular flexibility index (Phi) is 5.88. The van der Waals surface area contributed by atoms with Crippen LogP contribution in [0.4, 0.5) is 15.9 Å². The molecule has 1 atom stereocenters. The van der Waals surface area contributed by atoms with Gasteiger partial charge in [0.2, 0.25) is 0 Å². The lowest BCUT2D eigenvalue weighted by atomic mass is 9.96. The number of hydrogen-bond acceptors (Lipinski definition) is 5. The molecule has 0 saturated carbocycles. The highest BCUT2D eigenvalue weighted by atomic mass is 19.1. The molecule has 190 valence electrons. The summed E-state index contributed by atoms with van der Waals surface area (Å²) in [7, 11) is 0. The quantitative estimate of drug-likeness (QED) is 0.297. The maximum Gasteiger partial charge on any atom is 0.264 e. The summed E-state index contributed by atoms with van der Waals surface area (Å²) in [6.07, 6.45) is 1.73. The van der Waals surface area contributed by atoms with E-state index in [-0.39, 0.29) is 23.7 Å². The number of nitrogens with one attached hydrogen (secondary N) is 2. The average molecular weight is 508 g/mol. The molecule has 0 spiro atoms. The van der Waals surface area contributed by atoms with Crippen LogP contribution in [0.5, 0.6) is 0 Å². The lowest BCUT2D eigenvalue weighted by molar-refractivity contribution is 0.0859. The molecule has 0 aliphatic carbocycles. The van der Waals surface area contributed by atoms with Crippen molar-refractivity contribution in [2.24, 2.45) is 0 Å². The van der Waals surface area contributed by atoms with Crippen molar-refractivity contribution in [3.05, 3.63) is 89.7 Å². The highest BCUT2D eigenvalue weighted by Crippen LogP contribution is 2.35. The van der Waals surface area contributed by atoms with Crippen molar-refractivity contribution < 1.29 is 14.0 Å². The van der Waals surface area contributed by atoms with Crippen molar-refractivity contribution in [2.75, 3.05) is 17.6 Å². The molecule has 7 nitrogen and oxygen atoms in total. The summed E-state index contributed by atoms with van der Waals surface area (Å²) < 4.78 is 15.4. The third-order valence-electron chi connectivity index (χ3n) is 7.17. The maximum absolute atomic E-state index is 14.0. The first-order valence-electron chi connectivity index (χ1n) is 12.6. The van der Waals surface area contributed by atoms with E-state index in [0.717, 1.165) is 41.3 Å². The fraction of sp³-hybridized carbons (Fsp3) is 0.167. The topological polar surface area (TPSA) is 102 Å². The molecule has 38 heavy (non-hydrogen) atoms. The highest BCUT2D eigenvalue weighted by molar-refractivity contribution is 6.14. The van der Waals surface area contributed by atoms with Crippen molar-refractivity contribution in [1.82, 2.24) is 15.1 Å². The monoisotopic (exact) mass is 507 g/mol. The molecule has 4 aromatic carbocycles. The van der Waals surface area contributed by atoms with E-state index in [0.29, 0.717) is 33.5 Å². The molecular formula is C30H26FN5O2. The van der Waals surface area contributed by atoms with Crippen LogP contribution in [0.25, 0.3) is 32.8 Å². The SMILES string of the molecule is Cc1ccc(NC(=O)c2cccc3cc(-c4cccc5c4c(N)nn5C(=O)[C@H]4CCCN4)ccc23)cc1F. The molecule has 1 fully saturated rings. The molecule has 1 aromatic heterocycles. The lowest BCUT2D eigenvalue weighted by Crippen LogP contribution is -2.35. The Morgan fingerprint density at radius 3 is 2.71 bits per heavy atom. The zero-order chi connectivity index (χ0) is 26.4. The number of nitrogens with two attached hydrogens (primary N) is 1. The molecular weight excluding hydrogens is 481 g/mol. The van der Waals surface area contributed by atoms with Crippen LogP contribution in [0.1, 0.15) is 33.6 Å². The smallest absolute Gasteiger partial charge is 0.264 e. The van der Waals surface area contributed by atoms with Gasteiger partial charge < -0.3 is 16.4 Å². The summed E-state index contributed by atoms with van der Waals surface area (Å²) in [5.74, 6) is -0.508. The Morgan fingerprint density at radius 2 is 1.92 bits per heavy atom. The Bertz CT molecular complexity index is 1740. The number of halogens is 1. The first-order chi connectivity index (χ1) is 18.4. The van der Waals surface area contributed by atoms with Gasteiger partial charge in [-0.2, -0.15) is 4.68 Å². The summed E-state index contributed by atoms with van der Waals surface area (Å²) >= 11 is 0. The van der Waals surface area contributed by atoms with Crippen LogP contribution in [-0.2, 0) is 0 Å². The van der Waals surface area contributed by atoms with E-state index < -0.39 is 0 Å². The van der Waals surface area contributed by atoms with Gasteiger partial charge in [0.05, 0.1) is 16.9 Å². The third kappa shape index (κ3) is 4.09. The first-order valence-corrected chi connectivity index (χ1v) is 12.6. The molecule has 4 N–H and O–H groups in total. The van der Waals surface area contributed by atoms with Gasteiger partial charge in [-0.1, -0.05) is 42.5 Å². The summed E-state index contributed by atoms with van der Waals surface area (Å²) in [4.78, 5) is 26.2. The predicted molar refractivity (Wildman–Crippen MR) is 148 cm³/mol. The van der Waals surface area contributed by atoms with Crippen LogP contribution < -0.4 is 16.4 Å². The van der Waals surface area contributed by atoms with E-state index in [1.165, 1.54) is 10.7 Å². The fourth-order valence-electron chi connectivity index (χ4n) is 5.17. The normalized spacial score (nSPS) is 15.3. The van der Waals surface area contributed by atoms with Gasteiger partial charge in [0.25, 0.3) is 11.8 Å². The number of hydrogen-bond donors (Lipinski definition) is 3.